The Balaban J connectivity index is 2.13. The summed E-state index contributed by atoms with van der Waals surface area (Å²) in [6, 6.07) is 3.11. The molecule has 114 valence electrons. The van der Waals surface area contributed by atoms with Crippen molar-refractivity contribution in [1.29, 1.82) is 0 Å². The van der Waals surface area contributed by atoms with E-state index >= 15 is 0 Å². The minimum absolute atomic E-state index is 0.149. The molecule has 0 spiro atoms. The first-order chi connectivity index (χ1) is 9.86. The zero-order chi connectivity index (χ0) is 15.4. The van der Waals surface area contributed by atoms with Crippen LogP contribution in [0.3, 0.4) is 0 Å². The maximum absolute atomic E-state index is 10.0. The van der Waals surface area contributed by atoms with Gasteiger partial charge in [-0.15, -0.1) is 5.10 Å². The van der Waals surface area contributed by atoms with Crippen molar-refractivity contribution in [3.8, 4) is 5.88 Å². The van der Waals surface area contributed by atoms with Gasteiger partial charge in [0.2, 0.25) is 11.8 Å². The van der Waals surface area contributed by atoms with Crippen LogP contribution in [0.2, 0.25) is 0 Å². The first-order valence-corrected chi connectivity index (χ1v) is 6.78. The molecule has 5 N–H and O–H groups in total. The van der Waals surface area contributed by atoms with Gasteiger partial charge in [0.1, 0.15) is 23.8 Å². The van der Waals surface area contributed by atoms with Crippen LogP contribution in [0.1, 0.15) is 11.8 Å². The number of aliphatic hydroxyl groups is 2. The lowest BCUT2D eigenvalue weighted by molar-refractivity contribution is -0.0239. The molecule has 0 saturated carbocycles. The largest absolute Gasteiger partial charge is 0.492 e. The van der Waals surface area contributed by atoms with Crippen LogP contribution in [-0.4, -0.2) is 53.1 Å². The van der Waals surface area contributed by atoms with E-state index in [-0.39, 0.29) is 17.3 Å². The van der Waals surface area contributed by atoms with Crippen LogP contribution in [0, 0.1) is 0 Å². The molecule has 0 aromatic carbocycles. The van der Waals surface area contributed by atoms with E-state index in [0.29, 0.717) is 5.69 Å². The molecule has 0 radical (unpaired) electrons. The summed E-state index contributed by atoms with van der Waals surface area (Å²) in [6.07, 6.45) is -3.18. The van der Waals surface area contributed by atoms with Crippen molar-refractivity contribution >= 4 is 34.7 Å². The van der Waals surface area contributed by atoms with Gasteiger partial charge < -0.3 is 25.8 Å². The van der Waals surface area contributed by atoms with E-state index in [1.54, 1.807) is 6.07 Å². The van der Waals surface area contributed by atoms with Crippen LogP contribution in [0.15, 0.2) is 12.1 Å². The van der Waals surface area contributed by atoms with Gasteiger partial charge in [0, 0.05) is 0 Å². The quantitative estimate of drug-likeness (QED) is 0.568. The van der Waals surface area contributed by atoms with Crippen molar-refractivity contribution in [2.24, 2.45) is 0 Å². The fraction of sp³-hybridized carbons (Fsp3) is 0.455. The molecule has 0 bridgehead atoms. The van der Waals surface area contributed by atoms with E-state index in [9.17, 15) is 15.3 Å². The number of ether oxygens (including phenoxy) is 1. The van der Waals surface area contributed by atoms with Crippen molar-refractivity contribution in [3.63, 3.8) is 0 Å². The Morgan fingerprint density at radius 3 is 2.76 bits per heavy atom. The molecule has 0 aliphatic carbocycles. The zero-order valence-corrected chi connectivity index (χ0v) is 12.0. The number of hydrogen-bond donors (Lipinski definition) is 4. The number of nitrogens with zero attached hydrogens (tertiary/aromatic N) is 3. The lowest BCUT2D eigenvalue weighted by Crippen LogP contribution is -2.36. The van der Waals surface area contributed by atoms with Gasteiger partial charge in [-0.1, -0.05) is 23.2 Å². The highest BCUT2D eigenvalue weighted by molar-refractivity contribution is 6.49. The highest BCUT2D eigenvalue weighted by Gasteiger charge is 2.55. The maximum Gasteiger partial charge on any atom is 0.241 e. The van der Waals surface area contributed by atoms with E-state index in [2.05, 4.69) is 10.1 Å². The fourth-order valence-corrected chi connectivity index (χ4v) is 2.97. The first kappa shape index (κ1) is 14.6. The minimum Gasteiger partial charge on any atom is -0.492 e. The van der Waals surface area contributed by atoms with Gasteiger partial charge in [0.05, 0.1) is 12.3 Å². The molecular weight excluding hydrogens is 323 g/mol. The fourth-order valence-electron chi connectivity index (χ4n) is 2.37. The van der Waals surface area contributed by atoms with Gasteiger partial charge in [-0.25, -0.2) is 4.52 Å². The molecule has 1 fully saturated rings. The monoisotopic (exact) mass is 334 g/mol. The standard InChI is InChI=1S/C11H12Cl2N4O4/c12-11(13)7(19)6(3-18)21-8(11)4-1-2-5-9(20)15-10(14)16-17(4)5/h1-2,6-8,18-19H,3H2,(H3,14,15,16,20)/t6-,7?,8+/m1/s1. The summed E-state index contributed by atoms with van der Waals surface area (Å²) in [5.41, 5.74) is 6.16. The van der Waals surface area contributed by atoms with E-state index in [4.69, 9.17) is 33.7 Å². The normalized spacial score (nSPS) is 28.3. The molecule has 10 heteroatoms. The molecule has 2 aromatic heterocycles. The van der Waals surface area contributed by atoms with Gasteiger partial charge in [0.15, 0.2) is 4.33 Å². The van der Waals surface area contributed by atoms with Crippen molar-refractivity contribution in [2.45, 2.75) is 22.6 Å². The molecule has 2 aromatic rings. The average Bonchev–Trinajstić information content (AvgIpc) is 2.91. The molecule has 1 aliphatic rings. The lowest BCUT2D eigenvalue weighted by Gasteiger charge is -2.22. The van der Waals surface area contributed by atoms with Crippen molar-refractivity contribution < 1.29 is 20.1 Å². The van der Waals surface area contributed by atoms with Gasteiger partial charge in [-0.2, -0.15) is 4.98 Å². The van der Waals surface area contributed by atoms with Gasteiger partial charge in [0.25, 0.3) is 0 Å². The molecule has 1 aliphatic heterocycles. The molecular formula is C11H12Cl2N4O4. The highest BCUT2D eigenvalue weighted by Crippen LogP contribution is 2.49. The molecule has 3 heterocycles. The van der Waals surface area contributed by atoms with Crippen LogP contribution in [0.25, 0.3) is 5.52 Å². The predicted molar refractivity (Wildman–Crippen MR) is 74.2 cm³/mol. The van der Waals surface area contributed by atoms with Gasteiger partial charge in [-0.3, -0.25) is 0 Å². The van der Waals surface area contributed by atoms with Gasteiger partial charge in [-0.05, 0) is 12.1 Å². The van der Waals surface area contributed by atoms with E-state index in [1.165, 1.54) is 10.6 Å². The van der Waals surface area contributed by atoms with Crippen molar-refractivity contribution in [1.82, 2.24) is 14.6 Å². The predicted octanol–water partition coefficient (Wildman–Crippen LogP) is -0.0159. The zero-order valence-electron chi connectivity index (χ0n) is 10.5. The number of aliphatic hydroxyl groups excluding tert-OH is 2. The SMILES string of the molecule is Nc1nc(O)c2ccc([C@@H]3O[C@H](CO)C(O)C3(Cl)Cl)n2n1. The molecule has 0 amide bonds. The summed E-state index contributed by atoms with van der Waals surface area (Å²) in [7, 11) is 0. The third-order valence-corrected chi connectivity index (χ3v) is 4.24. The number of rotatable bonds is 2. The van der Waals surface area contributed by atoms with Crippen LogP contribution < -0.4 is 5.73 Å². The number of hydrogen-bond acceptors (Lipinski definition) is 7. The van der Waals surface area contributed by atoms with Crippen LogP contribution in [0.5, 0.6) is 5.88 Å². The molecule has 1 unspecified atom stereocenters. The summed E-state index contributed by atoms with van der Waals surface area (Å²) in [5.74, 6) is -0.454. The molecule has 1 saturated heterocycles. The summed E-state index contributed by atoms with van der Waals surface area (Å²) < 4.78 is 5.11. The Hall–Kier alpha value is -1.32. The minimum atomic E-state index is -1.68. The number of nitrogen functional groups attached to an aromatic ring is 1. The Bertz CT molecular complexity index is 692. The van der Waals surface area contributed by atoms with Gasteiger partial charge >= 0.3 is 0 Å². The number of aromatic hydroxyl groups is 1. The third kappa shape index (κ3) is 2.11. The number of halogens is 2. The van der Waals surface area contributed by atoms with Crippen LogP contribution in [-0.2, 0) is 4.74 Å². The Kier molecular flexibility index (Phi) is 3.38. The topological polar surface area (TPSA) is 126 Å². The molecule has 8 nitrogen and oxygen atoms in total. The van der Waals surface area contributed by atoms with E-state index < -0.39 is 29.3 Å². The van der Waals surface area contributed by atoms with Crippen molar-refractivity contribution in [3.05, 3.63) is 17.8 Å². The number of fused-ring (bicyclic) bond motifs is 1. The van der Waals surface area contributed by atoms with Crippen molar-refractivity contribution in [2.75, 3.05) is 12.3 Å². The summed E-state index contributed by atoms with van der Waals surface area (Å²) in [6.45, 7) is -0.440. The molecule has 3 atom stereocenters. The summed E-state index contributed by atoms with van der Waals surface area (Å²) in [4.78, 5) is 3.63. The first-order valence-electron chi connectivity index (χ1n) is 6.02. The Morgan fingerprint density at radius 2 is 2.14 bits per heavy atom. The lowest BCUT2D eigenvalue weighted by atomic mass is 10.1. The third-order valence-electron chi connectivity index (χ3n) is 3.39. The number of aromatic nitrogens is 3. The van der Waals surface area contributed by atoms with Crippen LogP contribution in [0.4, 0.5) is 5.95 Å². The highest BCUT2D eigenvalue weighted by atomic mass is 35.5. The van der Waals surface area contributed by atoms with E-state index in [0.717, 1.165) is 0 Å². The molecule has 21 heavy (non-hydrogen) atoms. The average molecular weight is 335 g/mol. The summed E-state index contributed by atoms with van der Waals surface area (Å²) >= 11 is 12.3. The number of nitrogens with two attached hydrogens (primary N) is 1. The molecule has 3 rings (SSSR count). The smallest absolute Gasteiger partial charge is 0.241 e. The Morgan fingerprint density at radius 1 is 1.43 bits per heavy atom. The number of anilines is 1. The second-order valence-electron chi connectivity index (χ2n) is 4.71. The summed E-state index contributed by atoms with van der Waals surface area (Å²) in [5, 5.41) is 32.9. The second-order valence-corrected chi connectivity index (χ2v) is 6.15. The Labute approximate surface area is 128 Å². The van der Waals surface area contributed by atoms with E-state index in [1.807, 2.05) is 0 Å². The maximum atomic E-state index is 10.0. The second kappa shape index (κ2) is 4.85. The number of alkyl halides is 2. The van der Waals surface area contributed by atoms with Crippen LogP contribution >= 0.6 is 23.2 Å².